The lowest BCUT2D eigenvalue weighted by Crippen LogP contribution is -2.36. The van der Waals surface area contributed by atoms with Crippen molar-refractivity contribution in [2.45, 2.75) is 51.0 Å². The molecule has 5 unspecified atom stereocenters. The molecule has 1 aliphatic carbocycles. The topological polar surface area (TPSA) is 79.1 Å². The molecule has 4 aliphatic heterocycles. The number of nitrogens with zero attached hydrogens (tertiary/aromatic N) is 5. The summed E-state index contributed by atoms with van der Waals surface area (Å²) in [6.07, 6.45) is 7.77. The van der Waals surface area contributed by atoms with E-state index in [-0.39, 0.29) is 36.0 Å². The number of hydrazone groups is 1. The molecule has 5 atom stereocenters. The quantitative estimate of drug-likeness (QED) is 0.721. The van der Waals surface area contributed by atoms with E-state index in [0.29, 0.717) is 12.6 Å². The fourth-order valence-corrected chi connectivity index (χ4v) is 4.90. The second kappa shape index (κ2) is 7.32. The largest absolute Gasteiger partial charge is 0.377 e. The van der Waals surface area contributed by atoms with Crippen LogP contribution in [-0.4, -0.2) is 79.3 Å². The number of methoxy groups -OCH3 is 2. The van der Waals surface area contributed by atoms with E-state index in [1.165, 1.54) is 12.8 Å². The van der Waals surface area contributed by atoms with Crippen molar-refractivity contribution in [3.05, 3.63) is 11.8 Å². The second-order valence-corrected chi connectivity index (χ2v) is 8.66. The monoisotopic (exact) mass is 399 g/mol. The van der Waals surface area contributed by atoms with Crippen molar-refractivity contribution >= 4 is 23.7 Å². The number of hydrogen-bond donors (Lipinski definition) is 0. The van der Waals surface area contributed by atoms with E-state index >= 15 is 0 Å². The summed E-state index contributed by atoms with van der Waals surface area (Å²) < 4.78 is 11.0. The Morgan fingerprint density at radius 2 is 2.03 bits per heavy atom. The third-order valence-electron chi connectivity index (χ3n) is 6.67. The van der Waals surface area contributed by atoms with Gasteiger partial charge in [0.15, 0.2) is 6.23 Å². The van der Waals surface area contributed by atoms with Crippen LogP contribution in [0.15, 0.2) is 26.9 Å². The van der Waals surface area contributed by atoms with Crippen molar-refractivity contribution in [3.63, 3.8) is 0 Å². The average molecular weight is 399 g/mol. The van der Waals surface area contributed by atoms with Crippen molar-refractivity contribution < 1.29 is 14.3 Å². The minimum atomic E-state index is -0.267. The summed E-state index contributed by atoms with van der Waals surface area (Å²) in [6.45, 7) is 3.60. The van der Waals surface area contributed by atoms with Crippen LogP contribution in [-0.2, 0) is 14.3 Å². The number of hydrogen-bond acceptors (Lipinski definition) is 7. The Balaban J connectivity index is 1.35. The summed E-state index contributed by atoms with van der Waals surface area (Å²) in [4.78, 5) is 24.5. The molecular formula is C21H29N5O3. The van der Waals surface area contributed by atoms with Gasteiger partial charge >= 0.3 is 0 Å². The minimum absolute atomic E-state index is 0.0839. The van der Waals surface area contributed by atoms with Crippen LogP contribution in [0.3, 0.4) is 0 Å². The molecule has 29 heavy (non-hydrogen) atoms. The molecule has 0 radical (unpaired) electrons. The molecule has 1 amide bonds. The van der Waals surface area contributed by atoms with Crippen LogP contribution >= 0.6 is 0 Å². The number of likely N-dealkylation sites (tertiary alicyclic amines) is 1. The summed E-state index contributed by atoms with van der Waals surface area (Å²) in [5.74, 6) is 1.09. The second-order valence-electron chi connectivity index (χ2n) is 8.66. The lowest BCUT2D eigenvalue weighted by atomic mass is 9.84. The van der Waals surface area contributed by atoms with Crippen LogP contribution in [0.1, 0.15) is 32.6 Å². The molecule has 8 nitrogen and oxygen atoms in total. The Kier molecular flexibility index (Phi) is 4.78. The van der Waals surface area contributed by atoms with Crippen LogP contribution in [0, 0.1) is 17.8 Å². The molecule has 156 valence electrons. The third-order valence-corrected chi connectivity index (χ3v) is 6.67. The summed E-state index contributed by atoms with van der Waals surface area (Å²) in [5, 5.41) is 6.91. The van der Waals surface area contributed by atoms with Crippen LogP contribution < -0.4 is 0 Å². The Bertz CT molecular complexity index is 815. The molecular weight excluding hydrogens is 370 g/mol. The normalized spacial score (nSPS) is 36.9. The first-order chi connectivity index (χ1) is 14.1. The first-order valence-electron chi connectivity index (χ1n) is 10.6. The zero-order valence-corrected chi connectivity index (χ0v) is 17.3. The van der Waals surface area contributed by atoms with Crippen LogP contribution in [0.25, 0.3) is 0 Å². The Morgan fingerprint density at radius 3 is 2.76 bits per heavy atom. The van der Waals surface area contributed by atoms with Gasteiger partial charge in [0.25, 0.3) is 0 Å². The first kappa shape index (κ1) is 18.9. The van der Waals surface area contributed by atoms with Crippen molar-refractivity contribution in [1.29, 1.82) is 0 Å². The summed E-state index contributed by atoms with van der Waals surface area (Å²) >= 11 is 0. The van der Waals surface area contributed by atoms with E-state index in [4.69, 9.17) is 19.6 Å². The van der Waals surface area contributed by atoms with E-state index in [1.807, 2.05) is 11.1 Å². The molecule has 0 N–H and O–H groups in total. The highest BCUT2D eigenvalue weighted by Gasteiger charge is 2.46. The Labute approximate surface area is 171 Å². The van der Waals surface area contributed by atoms with Crippen LogP contribution in [0.2, 0.25) is 0 Å². The zero-order chi connectivity index (χ0) is 20.1. The molecule has 4 heterocycles. The number of ether oxygens (including phenoxy) is 2. The summed E-state index contributed by atoms with van der Waals surface area (Å²) in [7, 11) is 3.34. The van der Waals surface area contributed by atoms with E-state index < -0.39 is 0 Å². The highest BCUT2D eigenvalue weighted by Crippen LogP contribution is 2.36. The number of carbonyl (C=O) groups excluding carboxylic acids is 1. The minimum Gasteiger partial charge on any atom is -0.377 e. The predicted octanol–water partition coefficient (Wildman–Crippen LogP) is 1.68. The highest BCUT2D eigenvalue weighted by molar-refractivity contribution is 6.18. The van der Waals surface area contributed by atoms with Gasteiger partial charge in [-0.1, -0.05) is 13.0 Å². The number of aliphatic imine (C=N–C) groups is 2. The van der Waals surface area contributed by atoms with E-state index in [1.54, 1.807) is 14.2 Å². The number of rotatable bonds is 4. The van der Waals surface area contributed by atoms with Crippen molar-refractivity contribution in [2.24, 2.45) is 32.8 Å². The van der Waals surface area contributed by atoms with E-state index in [9.17, 15) is 4.79 Å². The van der Waals surface area contributed by atoms with Gasteiger partial charge in [-0.25, -0.2) is 0 Å². The Hall–Kier alpha value is -2.06. The number of allylic oxidation sites excluding steroid dienone is 2. The number of amides is 1. The van der Waals surface area contributed by atoms with Crippen molar-refractivity contribution in [3.8, 4) is 0 Å². The fourth-order valence-electron chi connectivity index (χ4n) is 4.90. The van der Waals surface area contributed by atoms with Gasteiger partial charge in [0, 0.05) is 51.1 Å². The van der Waals surface area contributed by atoms with Gasteiger partial charge in [-0.05, 0) is 25.2 Å². The third kappa shape index (κ3) is 3.32. The maximum atomic E-state index is 13.1. The molecule has 0 aromatic rings. The SMILES string of the molecule is COC1CC(C2=CC(C)C3C(=O)N(C4=NN(C5CC5)CC4)CC3=N2)C=NC1OC. The number of carbonyl (C=O) groups is 1. The molecule has 1 saturated carbocycles. The lowest BCUT2D eigenvalue weighted by Gasteiger charge is -2.31. The van der Waals surface area contributed by atoms with Gasteiger partial charge in [-0.15, -0.1) is 0 Å². The Morgan fingerprint density at radius 1 is 1.21 bits per heavy atom. The molecule has 2 fully saturated rings. The van der Waals surface area contributed by atoms with Crippen molar-refractivity contribution in [1.82, 2.24) is 9.91 Å². The predicted molar refractivity (Wildman–Crippen MR) is 110 cm³/mol. The maximum absolute atomic E-state index is 13.1. The van der Waals surface area contributed by atoms with Gasteiger partial charge in [0.05, 0.1) is 18.2 Å². The zero-order valence-electron chi connectivity index (χ0n) is 17.3. The molecule has 5 aliphatic rings. The molecule has 1 saturated heterocycles. The first-order valence-corrected chi connectivity index (χ1v) is 10.6. The van der Waals surface area contributed by atoms with Gasteiger partial charge in [-0.2, -0.15) is 5.10 Å². The molecule has 0 spiro atoms. The van der Waals surface area contributed by atoms with E-state index in [0.717, 1.165) is 36.6 Å². The smallest absolute Gasteiger partial charge is 0.237 e. The molecule has 0 bridgehead atoms. The lowest BCUT2D eigenvalue weighted by molar-refractivity contribution is -0.128. The van der Waals surface area contributed by atoms with Gasteiger partial charge in [-0.3, -0.25) is 24.7 Å². The number of amidine groups is 1. The van der Waals surface area contributed by atoms with Crippen molar-refractivity contribution in [2.75, 3.05) is 27.3 Å². The summed E-state index contributed by atoms with van der Waals surface area (Å²) in [5.41, 5.74) is 1.95. The number of fused-ring (bicyclic) bond motifs is 1. The standard InChI is InChI=1S/C21H29N5O3/c1-12-8-15(13-9-17(28-2)20(29-3)22-10-13)23-16-11-25(21(27)19(12)16)18-6-7-26(24-18)14-4-5-14/h8,10,12-14,17,19-20H,4-7,9,11H2,1-3H3. The van der Waals surface area contributed by atoms with Crippen LogP contribution in [0.5, 0.6) is 0 Å². The molecule has 5 rings (SSSR count). The van der Waals surface area contributed by atoms with Gasteiger partial charge in [0.2, 0.25) is 5.91 Å². The fraction of sp³-hybridized carbons (Fsp3) is 0.714. The molecule has 0 aromatic heterocycles. The maximum Gasteiger partial charge on any atom is 0.237 e. The highest BCUT2D eigenvalue weighted by atomic mass is 16.5. The molecule has 0 aromatic carbocycles. The van der Waals surface area contributed by atoms with Crippen LogP contribution in [0.4, 0.5) is 0 Å². The average Bonchev–Trinajstić information content (AvgIpc) is 3.37. The van der Waals surface area contributed by atoms with Gasteiger partial charge in [0.1, 0.15) is 11.9 Å². The van der Waals surface area contributed by atoms with Gasteiger partial charge < -0.3 is 9.47 Å². The summed E-state index contributed by atoms with van der Waals surface area (Å²) in [6, 6.07) is 0.590. The molecule has 8 heteroatoms. The van der Waals surface area contributed by atoms with E-state index in [2.05, 4.69) is 23.0 Å².